The molecule has 0 aromatic heterocycles. The fraction of sp³-hybridized carbons (Fsp3) is 0.688. The first-order valence-electron chi connectivity index (χ1n) is 7.82. The van der Waals surface area contributed by atoms with Gasteiger partial charge in [-0.1, -0.05) is 26.0 Å². The van der Waals surface area contributed by atoms with E-state index in [1.165, 1.54) is 30.5 Å². The highest BCUT2D eigenvalue weighted by molar-refractivity contribution is 5.79. The number of nitrogens with zero attached hydrogens (tertiary/aromatic N) is 2. The zero-order valence-electron chi connectivity index (χ0n) is 12.1. The third kappa shape index (κ3) is 2.19. The number of urea groups is 1. The molecule has 3 nitrogen and oxygen atoms in total. The lowest BCUT2D eigenvalue weighted by Crippen LogP contribution is -2.39. The predicted molar refractivity (Wildman–Crippen MR) is 76.6 cm³/mol. The van der Waals surface area contributed by atoms with E-state index in [9.17, 15) is 4.79 Å². The second-order valence-corrected chi connectivity index (χ2v) is 5.69. The van der Waals surface area contributed by atoms with Crippen LogP contribution in [0.15, 0.2) is 23.4 Å². The van der Waals surface area contributed by atoms with Crippen molar-refractivity contribution >= 4 is 6.03 Å². The Hall–Kier alpha value is -1.25. The Kier molecular flexibility index (Phi) is 3.38. The summed E-state index contributed by atoms with van der Waals surface area (Å²) in [5, 5.41) is 0. The molecular formula is C16H24N2O. The van der Waals surface area contributed by atoms with Crippen molar-refractivity contribution < 1.29 is 4.79 Å². The van der Waals surface area contributed by atoms with Gasteiger partial charge in [0, 0.05) is 25.3 Å². The normalized spacial score (nSPS) is 30.8. The molecule has 2 saturated heterocycles. The molecule has 1 saturated carbocycles. The van der Waals surface area contributed by atoms with Crippen molar-refractivity contribution in [3.8, 4) is 0 Å². The number of rotatable bonds is 0. The molecule has 2 unspecified atom stereocenters. The van der Waals surface area contributed by atoms with Crippen molar-refractivity contribution in [3.05, 3.63) is 23.4 Å². The van der Waals surface area contributed by atoms with Gasteiger partial charge in [0.15, 0.2) is 0 Å². The van der Waals surface area contributed by atoms with E-state index in [0.717, 1.165) is 37.9 Å². The monoisotopic (exact) mass is 260 g/mol. The van der Waals surface area contributed by atoms with Gasteiger partial charge in [-0.15, -0.1) is 0 Å². The predicted octanol–water partition coefficient (Wildman–Crippen LogP) is 3.39. The molecule has 2 aliphatic heterocycles. The molecule has 4 rings (SSSR count). The van der Waals surface area contributed by atoms with Crippen molar-refractivity contribution in [3.63, 3.8) is 0 Å². The van der Waals surface area contributed by atoms with Gasteiger partial charge >= 0.3 is 6.03 Å². The summed E-state index contributed by atoms with van der Waals surface area (Å²) >= 11 is 0. The van der Waals surface area contributed by atoms with Crippen molar-refractivity contribution in [2.24, 2.45) is 11.8 Å². The SMILES string of the molecule is CC.O=C(N1CCCC1)N1CCC2=CC3CC3C=C21. The van der Waals surface area contributed by atoms with E-state index in [1.807, 2.05) is 23.6 Å². The second-order valence-electron chi connectivity index (χ2n) is 5.69. The summed E-state index contributed by atoms with van der Waals surface area (Å²) in [6.07, 6.45) is 9.48. The Morgan fingerprint density at radius 1 is 1.11 bits per heavy atom. The van der Waals surface area contributed by atoms with E-state index in [4.69, 9.17) is 0 Å². The molecule has 3 fully saturated rings. The first-order chi connectivity index (χ1) is 9.33. The highest BCUT2D eigenvalue weighted by Gasteiger charge is 2.42. The Morgan fingerprint density at radius 3 is 2.53 bits per heavy atom. The van der Waals surface area contributed by atoms with Crippen LogP contribution in [0.2, 0.25) is 0 Å². The Balaban J connectivity index is 0.000000528. The van der Waals surface area contributed by atoms with Gasteiger partial charge in [-0.2, -0.15) is 0 Å². The number of amides is 2. The number of carbonyl (C=O) groups is 1. The zero-order valence-corrected chi connectivity index (χ0v) is 12.1. The largest absolute Gasteiger partial charge is 0.324 e. The van der Waals surface area contributed by atoms with Gasteiger partial charge in [0.05, 0.1) is 0 Å². The molecule has 2 aliphatic carbocycles. The molecule has 0 spiro atoms. The summed E-state index contributed by atoms with van der Waals surface area (Å²) < 4.78 is 0. The van der Waals surface area contributed by atoms with Crippen LogP contribution < -0.4 is 0 Å². The van der Waals surface area contributed by atoms with Crippen molar-refractivity contribution in [1.82, 2.24) is 9.80 Å². The summed E-state index contributed by atoms with van der Waals surface area (Å²) in [7, 11) is 0. The minimum absolute atomic E-state index is 0.247. The summed E-state index contributed by atoms with van der Waals surface area (Å²) in [6.45, 7) is 6.80. The fourth-order valence-corrected chi connectivity index (χ4v) is 3.38. The molecule has 2 atom stereocenters. The molecule has 0 aromatic rings. The summed E-state index contributed by atoms with van der Waals surface area (Å²) in [4.78, 5) is 16.4. The van der Waals surface area contributed by atoms with Crippen LogP contribution in [0, 0.1) is 11.8 Å². The minimum atomic E-state index is 0.247. The lowest BCUT2D eigenvalue weighted by molar-refractivity contribution is 0.181. The smallest absolute Gasteiger partial charge is 0.324 e. The van der Waals surface area contributed by atoms with E-state index in [1.54, 1.807) is 0 Å². The first-order valence-corrected chi connectivity index (χ1v) is 7.82. The standard InChI is InChI=1S/C14H18N2O.C2H6/c17-14(15-4-1-2-5-15)16-6-3-10-7-11-8-12(11)9-13(10)16;1-2/h7,9,11-12H,1-6,8H2;1-2H3. The van der Waals surface area contributed by atoms with Crippen LogP contribution >= 0.6 is 0 Å². The van der Waals surface area contributed by atoms with Crippen molar-refractivity contribution in [2.75, 3.05) is 19.6 Å². The molecular weight excluding hydrogens is 236 g/mol. The van der Waals surface area contributed by atoms with E-state index in [2.05, 4.69) is 12.2 Å². The maximum atomic E-state index is 12.4. The minimum Gasteiger partial charge on any atom is -0.324 e. The molecule has 0 N–H and O–H groups in total. The lowest BCUT2D eigenvalue weighted by atomic mass is 10.0. The van der Waals surface area contributed by atoms with Crippen LogP contribution in [0.1, 0.15) is 39.5 Å². The van der Waals surface area contributed by atoms with Crippen molar-refractivity contribution in [2.45, 2.75) is 39.5 Å². The highest BCUT2D eigenvalue weighted by atomic mass is 16.2. The van der Waals surface area contributed by atoms with Gasteiger partial charge in [-0.25, -0.2) is 4.79 Å². The third-order valence-electron chi connectivity index (χ3n) is 4.51. The molecule has 19 heavy (non-hydrogen) atoms. The molecule has 3 heteroatoms. The lowest BCUT2D eigenvalue weighted by Gasteiger charge is -2.25. The van der Waals surface area contributed by atoms with Crippen molar-refractivity contribution in [1.29, 1.82) is 0 Å². The molecule has 0 radical (unpaired) electrons. The number of likely N-dealkylation sites (tertiary alicyclic amines) is 2. The van der Waals surface area contributed by atoms with Gasteiger partial charge in [-0.3, -0.25) is 4.90 Å². The first kappa shape index (κ1) is 12.8. The Morgan fingerprint density at radius 2 is 1.79 bits per heavy atom. The number of hydrogen-bond acceptors (Lipinski definition) is 1. The summed E-state index contributed by atoms with van der Waals surface area (Å²) in [5.74, 6) is 1.54. The van der Waals surface area contributed by atoms with Crippen LogP contribution in [0.25, 0.3) is 0 Å². The van der Waals surface area contributed by atoms with Crippen LogP contribution in [0.4, 0.5) is 4.79 Å². The Bertz CT molecular complexity index is 432. The molecule has 0 bridgehead atoms. The summed E-state index contributed by atoms with van der Waals surface area (Å²) in [6, 6.07) is 0.247. The molecule has 2 heterocycles. The van der Waals surface area contributed by atoms with Gasteiger partial charge in [0.1, 0.15) is 0 Å². The number of allylic oxidation sites excluding steroid dienone is 3. The fourth-order valence-electron chi connectivity index (χ4n) is 3.38. The maximum absolute atomic E-state index is 12.4. The van der Waals surface area contributed by atoms with Gasteiger partial charge in [0.25, 0.3) is 0 Å². The van der Waals surface area contributed by atoms with Crippen LogP contribution in [0.5, 0.6) is 0 Å². The Labute approximate surface area is 115 Å². The van der Waals surface area contributed by atoms with Crippen LogP contribution in [-0.4, -0.2) is 35.5 Å². The van der Waals surface area contributed by atoms with Crippen LogP contribution in [-0.2, 0) is 0 Å². The zero-order chi connectivity index (χ0) is 13.4. The summed E-state index contributed by atoms with van der Waals surface area (Å²) in [5.41, 5.74) is 2.66. The van der Waals surface area contributed by atoms with E-state index in [0.29, 0.717) is 0 Å². The van der Waals surface area contributed by atoms with Gasteiger partial charge in [0.2, 0.25) is 0 Å². The van der Waals surface area contributed by atoms with Crippen LogP contribution in [0.3, 0.4) is 0 Å². The topological polar surface area (TPSA) is 23.6 Å². The second kappa shape index (κ2) is 5.03. The number of hydrogen-bond donors (Lipinski definition) is 0. The molecule has 0 aromatic carbocycles. The maximum Gasteiger partial charge on any atom is 0.324 e. The number of fused-ring (bicyclic) bond motifs is 2. The average Bonchev–Trinajstić information content (AvgIpc) is 2.86. The third-order valence-corrected chi connectivity index (χ3v) is 4.51. The number of carbonyl (C=O) groups excluding carboxylic acids is 1. The highest BCUT2D eigenvalue weighted by Crippen LogP contribution is 2.49. The quantitative estimate of drug-likeness (QED) is 0.655. The molecule has 2 amide bonds. The average molecular weight is 260 g/mol. The van der Waals surface area contributed by atoms with E-state index >= 15 is 0 Å². The van der Waals surface area contributed by atoms with E-state index in [-0.39, 0.29) is 6.03 Å². The molecule has 4 aliphatic rings. The van der Waals surface area contributed by atoms with Gasteiger partial charge < -0.3 is 4.90 Å². The van der Waals surface area contributed by atoms with E-state index < -0.39 is 0 Å². The van der Waals surface area contributed by atoms with Gasteiger partial charge in [-0.05, 0) is 43.1 Å². The molecule has 104 valence electrons.